The fourth-order valence-electron chi connectivity index (χ4n) is 3.37. The van der Waals surface area contributed by atoms with Gasteiger partial charge in [0.25, 0.3) is 0 Å². The summed E-state index contributed by atoms with van der Waals surface area (Å²) in [5.74, 6) is -2.26. The first-order chi connectivity index (χ1) is 12.4. The zero-order valence-corrected chi connectivity index (χ0v) is 16.7. The number of esters is 1. The highest BCUT2D eigenvalue weighted by atomic mass is 32.2. The minimum atomic E-state index is -4.47. The Morgan fingerprint density at radius 3 is 2.41 bits per heavy atom. The van der Waals surface area contributed by atoms with E-state index < -0.39 is 39.9 Å². The quantitative estimate of drug-likeness (QED) is 0.533. The van der Waals surface area contributed by atoms with Gasteiger partial charge in [0.05, 0.1) is 21.4 Å². The van der Waals surface area contributed by atoms with Crippen molar-refractivity contribution in [2.45, 2.75) is 58.5 Å². The molecule has 0 aromatic heterocycles. The van der Waals surface area contributed by atoms with Gasteiger partial charge in [0.2, 0.25) is 0 Å². The molecule has 0 N–H and O–H groups in total. The molecule has 1 aromatic rings. The number of benzene rings is 1. The van der Waals surface area contributed by atoms with Crippen molar-refractivity contribution in [2.75, 3.05) is 12.4 Å². The topological polar surface area (TPSA) is 92.7 Å². The van der Waals surface area contributed by atoms with E-state index in [2.05, 4.69) is 20.8 Å². The highest BCUT2D eigenvalue weighted by molar-refractivity contribution is 7.85. The molecule has 152 valence electrons. The number of halogens is 1. The van der Waals surface area contributed by atoms with E-state index in [1.807, 2.05) is 0 Å². The van der Waals surface area contributed by atoms with Gasteiger partial charge in [-0.2, -0.15) is 0 Å². The normalized spacial score (nSPS) is 17.4. The lowest BCUT2D eigenvalue weighted by Gasteiger charge is -2.47. The van der Waals surface area contributed by atoms with E-state index in [9.17, 15) is 22.2 Å². The average Bonchev–Trinajstić information content (AvgIpc) is 2.55. The fraction of sp³-hybridized carbons (Fsp3) is 0.632. The monoisotopic (exact) mass is 401 g/mol. The Kier molecular flexibility index (Phi) is 6.52. The molecular formula is C19H26FO6S-. The van der Waals surface area contributed by atoms with E-state index in [-0.39, 0.29) is 16.7 Å². The van der Waals surface area contributed by atoms with Gasteiger partial charge in [-0.25, -0.2) is 17.6 Å². The molecule has 0 aliphatic heterocycles. The molecule has 8 heteroatoms. The van der Waals surface area contributed by atoms with Gasteiger partial charge in [0, 0.05) is 5.41 Å². The van der Waals surface area contributed by atoms with Crippen LogP contribution < -0.4 is 4.74 Å². The van der Waals surface area contributed by atoms with E-state index in [0.29, 0.717) is 0 Å². The Balaban J connectivity index is 2.20. The molecule has 2 rings (SSSR count). The molecule has 0 spiro atoms. The molecule has 0 unspecified atom stereocenters. The van der Waals surface area contributed by atoms with E-state index in [1.165, 1.54) is 12.1 Å². The third kappa shape index (κ3) is 5.65. The highest BCUT2D eigenvalue weighted by Gasteiger charge is 2.45. The zero-order chi connectivity index (χ0) is 20.3. The Morgan fingerprint density at radius 1 is 1.22 bits per heavy atom. The number of carbonyl (C=O) groups excluding carboxylic acids is 1. The Labute approximate surface area is 159 Å². The van der Waals surface area contributed by atoms with Crippen molar-refractivity contribution >= 4 is 16.1 Å². The molecule has 6 nitrogen and oxygen atoms in total. The number of hydrogen-bond donors (Lipinski definition) is 0. The summed E-state index contributed by atoms with van der Waals surface area (Å²) >= 11 is 0. The van der Waals surface area contributed by atoms with Crippen LogP contribution >= 0.6 is 0 Å². The zero-order valence-electron chi connectivity index (χ0n) is 15.9. The summed E-state index contributed by atoms with van der Waals surface area (Å²) < 4.78 is 57.0. The van der Waals surface area contributed by atoms with Crippen molar-refractivity contribution in [1.82, 2.24) is 0 Å². The van der Waals surface area contributed by atoms with Crippen molar-refractivity contribution < 1.29 is 31.6 Å². The molecule has 0 bridgehead atoms. The highest BCUT2D eigenvalue weighted by Crippen LogP contribution is 2.45. The van der Waals surface area contributed by atoms with Crippen LogP contribution in [0.5, 0.6) is 5.75 Å². The first kappa shape index (κ1) is 21.6. The maximum atomic E-state index is 14.4. The molecule has 0 saturated heterocycles. The molecule has 1 aliphatic rings. The first-order valence-corrected chi connectivity index (χ1v) is 10.6. The van der Waals surface area contributed by atoms with Crippen LogP contribution in [0, 0.1) is 11.2 Å². The van der Waals surface area contributed by atoms with Gasteiger partial charge in [-0.15, -0.1) is 0 Å². The third-order valence-electron chi connectivity index (χ3n) is 5.07. The lowest BCUT2D eigenvalue weighted by atomic mass is 9.68. The molecule has 0 amide bonds. The van der Waals surface area contributed by atoms with Crippen LogP contribution in [0.2, 0.25) is 0 Å². The Morgan fingerprint density at radius 2 is 1.85 bits per heavy atom. The maximum Gasteiger partial charge on any atom is 0.338 e. The second-order valence-electron chi connectivity index (χ2n) is 7.95. The van der Waals surface area contributed by atoms with Gasteiger partial charge in [0.1, 0.15) is 12.2 Å². The molecule has 1 fully saturated rings. The van der Waals surface area contributed by atoms with E-state index >= 15 is 0 Å². The van der Waals surface area contributed by atoms with Crippen LogP contribution in [0.1, 0.15) is 63.2 Å². The molecular weight excluding hydrogens is 375 g/mol. The molecule has 1 aliphatic carbocycles. The molecule has 1 saturated carbocycles. The summed E-state index contributed by atoms with van der Waals surface area (Å²) in [6.45, 7) is 5.61. The van der Waals surface area contributed by atoms with Gasteiger partial charge >= 0.3 is 5.97 Å². The fourth-order valence-corrected chi connectivity index (χ4v) is 3.65. The third-order valence-corrected chi connectivity index (χ3v) is 5.73. The van der Waals surface area contributed by atoms with Gasteiger partial charge in [0.15, 0.2) is 11.6 Å². The van der Waals surface area contributed by atoms with E-state index in [0.717, 1.165) is 38.2 Å². The van der Waals surface area contributed by atoms with Crippen molar-refractivity contribution in [3.05, 3.63) is 29.6 Å². The van der Waals surface area contributed by atoms with Gasteiger partial charge in [-0.05, 0) is 43.9 Å². The van der Waals surface area contributed by atoms with Crippen LogP contribution in [0.3, 0.4) is 0 Å². The summed E-state index contributed by atoms with van der Waals surface area (Å²) in [7, 11) is -4.47. The van der Waals surface area contributed by atoms with Gasteiger partial charge in [-0.3, -0.25) is 0 Å². The van der Waals surface area contributed by atoms with Gasteiger partial charge in [-0.1, -0.05) is 27.2 Å². The molecule has 0 atom stereocenters. The predicted molar refractivity (Wildman–Crippen MR) is 97.1 cm³/mol. The lowest BCUT2D eigenvalue weighted by molar-refractivity contribution is -0.0637. The number of carbonyl (C=O) groups is 1. The van der Waals surface area contributed by atoms with Crippen LogP contribution in [-0.2, 0) is 14.9 Å². The van der Waals surface area contributed by atoms with Crippen molar-refractivity contribution in [3.63, 3.8) is 0 Å². The summed E-state index contributed by atoms with van der Waals surface area (Å²) in [4.78, 5) is 12.1. The van der Waals surface area contributed by atoms with Crippen molar-refractivity contribution in [2.24, 2.45) is 5.41 Å². The second kappa shape index (κ2) is 8.14. The molecule has 0 radical (unpaired) electrons. The van der Waals surface area contributed by atoms with Crippen LogP contribution in [0.25, 0.3) is 0 Å². The van der Waals surface area contributed by atoms with Crippen molar-refractivity contribution in [1.29, 1.82) is 0 Å². The lowest BCUT2D eigenvalue weighted by Crippen LogP contribution is -2.49. The minimum absolute atomic E-state index is 0.0299. The maximum absolute atomic E-state index is 14.4. The van der Waals surface area contributed by atoms with E-state index in [1.54, 1.807) is 0 Å². The molecule has 0 heterocycles. The largest absolute Gasteiger partial charge is 0.748 e. The van der Waals surface area contributed by atoms with E-state index in [4.69, 9.17) is 9.47 Å². The summed E-state index contributed by atoms with van der Waals surface area (Å²) in [5.41, 5.74) is -0.723. The molecule has 1 aromatic carbocycles. The van der Waals surface area contributed by atoms with Gasteiger partial charge < -0.3 is 14.0 Å². The second-order valence-corrected chi connectivity index (χ2v) is 9.47. The van der Waals surface area contributed by atoms with Crippen molar-refractivity contribution in [3.8, 4) is 5.75 Å². The first-order valence-electron chi connectivity index (χ1n) is 9.03. The Hall–Kier alpha value is -1.67. The number of ether oxygens (including phenoxy) is 2. The minimum Gasteiger partial charge on any atom is -0.748 e. The SMILES string of the molecule is CC(C)(C)C1(Oc2cc(C(=O)OCCS(=O)(=O)[O-])ccc2F)CCCCC1. The standard InChI is InChI=1S/C19H27FO6S/c1-18(2,3)19(9-5-4-6-10-19)26-16-13-14(7-8-15(16)20)17(21)25-11-12-27(22,23)24/h7-8,13H,4-6,9-12H2,1-3H3,(H,22,23,24)/p-1. The van der Waals surface area contributed by atoms with Crippen LogP contribution in [0.15, 0.2) is 18.2 Å². The smallest absolute Gasteiger partial charge is 0.338 e. The summed E-state index contributed by atoms with van der Waals surface area (Å²) in [5, 5.41) is 0. The predicted octanol–water partition coefficient (Wildman–Crippen LogP) is 3.66. The number of hydrogen-bond acceptors (Lipinski definition) is 6. The van der Waals surface area contributed by atoms with Crippen LogP contribution in [-0.4, -0.2) is 36.9 Å². The van der Waals surface area contributed by atoms with Crippen LogP contribution in [0.4, 0.5) is 4.39 Å². The average molecular weight is 401 g/mol. The Bertz CT molecular complexity index is 776. The summed E-state index contributed by atoms with van der Waals surface area (Å²) in [6.07, 6.45) is 4.69. The molecule has 27 heavy (non-hydrogen) atoms. The number of rotatable bonds is 6. The summed E-state index contributed by atoms with van der Waals surface area (Å²) in [6, 6.07) is 3.63.